The molecule has 0 radical (unpaired) electrons. The summed E-state index contributed by atoms with van der Waals surface area (Å²) in [4.78, 5) is 29.7. The summed E-state index contributed by atoms with van der Waals surface area (Å²) in [6.45, 7) is 9.65. The first-order valence-electron chi connectivity index (χ1n) is 11.5. The number of aryl methyl sites for hydroxylation is 1. The van der Waals surface area contributed by atoms with Gasteiger partial charge in [-0.05, 0) is 69.0 Å². The summed E-state index contributed by atoms with van der Waals surface area (Å²) in [7, 11) is 0. The Bertz CT molecular complexity index is 870. The number of nitrogens with one attached hydrogen (secondary N) is 1. The van der Waals surface area contributed by atoms with Gasteiger partial charge in [-0.15, -0.1) is 0 Å². The number of hydrogen-bond donors (Lipinski definition) is 1. The number of unbranched alkanes of at least 4 members (excludes halogenated alkanes) is 1. The maximum atomic E-state index is 12.9. The molecule has 166 valence electrons. The van der Waals surface area contributed by atoms with Crippen LogP contribution >= 0.6 is 0 Å². The number of rotatable bonds is 8. The van der Waals surface area contributed by atoms with Gasteiger partial charge in [0.1, 0.15) is 0 Å². The molecule has 0 unspecified atom stereocenters. The van der Waals surface area contributed by atoms with Crippen molar-refractivity contribution in [3.05, 3.63) is 65.2 Å². The Morgan fingerprint density at radius 2 is 1.71 bits per heavy atom. The van der Waals surface area contributed by atoms with E-state index >= 15 is 0 Å². The van der Waals surface area contributed by atoms with E-state index in [4.69, 9.17) is 0 Å². The molecule has 1 N–H and O–H groups in total. The molecule has 1 fully saturated rings. The highest BCUT2D eigenvalue weighted by atomic mass is 16.2. The highest BCUT2D eigenvalue weighted by molar-refractivity contribution is 5.96. The zero-order chi connectivity index (χ0) is 22.2. The normalized spacial score (nSPS) is 14.4. The summed E-state index contributed by atoms with van der Waals surface area (Å²) >= 11 is 0. The van der Waals surface area contributed by atoms with Crippen molar-refractivity contribution in [2.75, 3.05) is 31.1 Å². The summed E-state index contributed by atoms with van der Waals surface area (Å²) in [5.41, 5.74) is 3.61. The van der Waals surface area contributed by atoms with Crippen LogP contribution in [0.3, 0.4) is 0 Å². The quantitative estimate of drug-likeness (QED) is 0.675. The number of nitrogens with zero attached hydrogens (tertiary/aromatic N) is 2. The van der Waals surface area contributed by atoms with Gasteiger partial charge in [-0.3, -0.25) is 9.59 Å². The van der Waals surface area contributed by atoms with Crippen molar-refractivity contribution in [2.45, 2.75) is 52.5 Å². The molecule has 5 nitrogen and oxygen atoms in total. The van der Waals surface area contributed by atoms with E-state index in [0.29, 0.717) is 13.1 Å². The van der Waals surface area contributed by atoms with Crippen LogP contribution in [0.15, 0.2) is 48.5 Å². The SMILES string of the molecule is CCCCN(CC)c1ccc(C(=O)N2CCC(NC(=O)c3ccccc3C)CC2)cc1. The van der Waals surface area contributed by atoms with Gasteiger partial charge in [-0.25, -0.2) is 0 Å². The zero-order valence-corrected chi connectivity index (χ0v) is 19.1. The predicted octanol–water partition coefficient (Wildman–Crippen LogP) is 4.66. The summed E-state index contributed by atoms with van der Waals surface area (Å²) in [6, 6.07) is 15.7. The van der Waals surface area contributed by atoms with E-state index in [1.807, 2.05) is 48.2 Å². The third-order valence-corrected chi connectivity index (χ3v) is 6.15. The van der Waals surface area contributed by atoms with E-state index in [1.54, 1.807) is 0 Å². The Morgan fingerprint density at radius 3 is 2.32 bits per heavy atom. The van der Waals surface area contributed by atoms with Crippen LogP contribution in [0, 0.1) is 6.92 Å². The van der Waals surface area contributed by atoms with Crippen LogP contribution in [0.2, 0.25) is 0 Å². The van der Waals surface area contributed by atoms with Gasteiger partial charge in [-0.2, -0.15) is 0 Å². The van der Waals surface area contributed by atoms with Gasteiger partial charge in [0.15, 0.2) is 0 Å². The third kappa shape index (κ3) is 5.87. The van der Waals surface area contributed by atoms with Gasteiger partial charge in [0.2, 0.25) is 0 Å². The van der Waals surface area contributed by atoms with E-state index in [0.717, 1.165) is 42.6 Å². The Hall–Kier alpha value is -2.82. The van der Waals surface area contributed by atoms with Gasteiger partial charge in [-0.1, -0.05) is 31.5 Å². The maximum absolute atomic E-state index is 12.9. The minimum absolute atomic E-state index is 0.0259. The molecule has 2 aromatic carbocycles. The number of benzene rings is 2. The minimum atomic E-state index is -0.0259. The highest BCUT2D eigenvalue weighted by Crippen LogP contribution is 2.19. The number of likely N-dealkylation sites (tertiary alicyclic amines) is 1. The van der Waals surface area contributed by atoms with Crippen molar-refractivity contribution in [3.8, 4) is 0 Å². The number of amides is 2. The van der Waals surface area contributed by atoms with Crippen molar-refractivity contribution in [2.24, 2.45) is 0 Å². The molecule has 1 heterocycles. The van der Waals surface area contributed by atoms with Gasteiger partial charge in [0, 0.05) is 49.0 Å². The molecule has 1 aliphatic heterocycles. The van der Waals surface area contributed by atoms with Gasteiger partial charge in [0.05, 0.1) is 0 Å². The molecule has 2 aromatic rings. The van der Waals surface area contributed by atoms with Crippen LogP contribution in [0.25, 0.3) is 0 Å². The number of carbonyl (C=O) groups excluding carboxylic acids is 2. The molecule has 0 aliphatic carbocycles. The van der Waals surface area contributed by atoms with Crippen LogP contribution < -0.4 is 10.2 Å². The summed E-state index contributed by atoms with van der Waals surface area (Å²) in [5, 5.41) is 3.14. The smallest absolute Gasteiger partial charge is 0.253 e. The average molecular weight is 422 g/mol. The van der Waals surface area contributed by atoms with Crippen LogP contribution in [-0.2, 0) is 0 Å². The fourth-order valence-corrected chi connectivity index (χ4v) is 4.13. The first kappa shape index (κ1) is 22.9. The lowest BCUT2D eigenvalue weighted by molar-refractivity contribution is 0.0698. The molecule has 1 saturated heterocycles. The Morgan fingerprint density at radius 1 is 1.03 bits per heavy atom. The lowest BCUT2D eigenvalue weighted by Gasteiger charge is -2.32. The van der Waals surface area contributed by atoms with Crippen molar-refractivity contribution >= 4 is 17.5 Å². The lowest BCUT2D eigenvalue weighted by Crippen LogP contribution is -2.46. The fourth-order valence-electron chi connectivity index (χ4n) is 4.13. The maximum Gasteiger partial charge on any atom is 0.253 e. The molecule has 2 amide bonds. The Labute approximate surface area is 186 Å². The second-order valence-electron chi connectivity index (χ2n) is 8.33. The molecular weight excluding hydrogens is 386 g/mol. The first-order chi connectivity index (χ1) is 15.0. The third-order valence-electron chi connectivity index (χ3n) is 6.15. The van der Waals surface area contributed by atoms with E-state index < -0.39 is 0 Å². The Kier molecular flexibility index (Phi) is 8.10. The van der Waals surface area contributed by atoms with Crippen molar-refractivity contribution in [1.82, 2.24) is 10.2 Å². The highest BCUT2D eigenvalue weighted by Gasteiger charge is 2.25. The van der Waals surface area contributed by atoms with Crippen molar-refractivity contribution < 1.29 is 9.59 Å². The van der Waals surface area contributed by atoms with E-state index in [1.165, 1.54) is 18.5 Å². The van der Waals surface area contributed by atoms with Crippen molar-refractivity contribution in [1.29, 1.82) is 0 Å². The summed E-state index contributed by atoms with van der Waals surface area (Å²) in [6.07, 6.45) is 3.91. The Balaban J connectivity index is 1.53. The molecule has 31 heavy (non-hydrogen) atoms. The molecule has 0 bridgehead atoms. The topological polar surface area (TPSA) is 52.7 Å². The molecular formula is C26H35N3O2. The fraction of sp³-hybridized carbons (Fsp3) is 0.462. The minimum Gasteiger partial charge on any atom is -0.372 e. The second-order valence-corrected chi connectivity index (χ2v) is 8.33. The molecule has 0 aromatic heterocycles. The second kappa shape index (κ2) is 11.0. The molecule has 0 spiro atoms. The van der Waals surface area contributed by atoms with Crippen LogP contribution in [-0.4, -0.2) is 48.9 Å². The monoisotopic (exact) mass is 421 g/mol. The van der Waals surface area contributed by atoms with Gasteiger partial charge in [0.25, 0.3) is 11.8 Å². The number of anilines is 1. The van der Waals surface area contributed by atoms with E-state index in [9.17, 15) is 9.59 Å². The number of hydrogen-bond acceptors (Lipinski definition) is 3. The van der Waals surface area contributed by atoms with Crippen LogP contribution in [0.4, 0.5) is 5.69 Å². The standard InChI is InChI=1S/C26H35N3O2/c1-4-6-17-28(5-2)23-13-11-21(12-14-23)26(31)29-18-15-22(16-19-29)27-25(30)24-10-8-7-9-20(24)3/h7-14,22H,4-6,15-19H2,1-3H3,(H,27,30). The molecule has 5 heteroatoms. The summed E-state index contributed by atoms with van der Waals surface area (Å²) < 4.78 is 0. The summed E-state index contributed by atoms with van der Waals surface area (Å²) in [5.74, 6) is 0.0499. The predicted molar refractivity (Wildman–Crippen MR) is 127 cm³/mol. The van der Waals surface area contributed by atoms with Gasteiger partial charge >= 0.3 is 0 Å². The lowest BCUT2D eigenvalue weighted by atomic mass is 10.0. The molecule has 3 rings (SSSR count). The number of carbonyl (C=O) groups is 2. The van der Waals surface area contributed by atoms with Crippen LogP contribution in [0.5, 0.6) is 0 Å². The average Bonchev–Trinajstić information content (AvgIpc) is 2.80. The van der Waals surface area contributed by atoms with Crippen LogP contribution in [0.1, 0.15) is 65.8 Å². The molecule has 1 aliphatic rings. The van der Waals surface area contributed by atoms with E-state index in [-0.39, 0.29) is 17.9 Å². The van der Waals surface area contributed by atoms with Gasteiger partial charge < -0.3 is 15.1 Å². The first-order valence-corrected chi connectivity index (χ1v) is 11.5. The molecule has 0 atom stereocenters. The number of piperidine rings is 1. The van der Waals surface area contributed by atoms with Crippen molar-refractivity contribution in [3.63, 3.8) is 0 Å². The largest absolute Gasteiger partial charge is 0.372 e. The zero-order valence-electron chi connectivity index (χ0n) is 19.1. The van der Waals surface area contributed by atoms with E-state index in [2.05, 4.69) is 36.2 Å². The molecule has 0 saturated carbocycles.